The molecule has 0 aliphatic carbocycles. The van der Waals surface area contributed by atoms with Crippen LogP contribution in [0.25, 0.3) is 11.3 Å². The number of aryl methyl sites for hydroxylation is 1. The van der Waals surface area contributed by atoms with Gasteiger partial charge in [0.05, 0.1) is 11.4 Å². The summed E-state index contributed by atoms with van der Waals surface area (Å²) in [6, 6.07) is 13.5. The molecule has 0 aliphatic rings. The van der Waals surface area contributed by atoms with Gasteiger partial charge in [-0.15, -0.1) is 0 Å². The predicted molar refractivity (Wildman–Crippen MR) is 100 cm³/mol. The molecule has 0 atom stereocenters. The fourth-order valence-corrected chi connectivity index (χ4v) is 3.10. The van der Waals surface area contributed by atoms with E-state index < -0.39 is 0 Å². The van der Waals surface area contributed by atoms with E-state index in [1.807, 2.05) is 43.3 Å². The van der Waals surface area contributed by atoms with Gasteiger partial charge in [-0.25, -0.2) is 9.97 Å². The molecule has 5 nitrogen and oxygen atoms in total. The number of H-pyrrole nitrogens is 1. The number of amides is 1. The van der Waals surface area contributed by atoms with Crippen molar-refractivity contribution in [3.63, 3.8) is 0 Å². The van der Waals surface area contributed by atoms with Gasteiger partial charge in [-0.3, -0.25) is 4.79 Å². The molecular weight excluding hydrogens is 388 g/mol. The maximum atomic E-state index is 12.0. The van der Waals surface area contributed by atoms with E-state index in [1.54, 1.807) is 12.3 Å². The molecule has 3 aromatic rings. The average Bonchev–Trinajstić information content (AvgIpc) is 2.97. The zero-order valence-electron chi connectivity index (χ0n) is 12.9. The zero-order chi connectivity index (χ0) is 16.9. The van der Waals surface area contributed by atoms with Crippen molar-refractivity contribution in [2.75, 3.05) is 11.1 Å². The molecule has 0 saturated heterocycles. The number of hydrogen-bond donors (Lipinski definition) is 2. The lowest BCUT2D eigenvalue weighted by Gasteiger charge is -2.03. The second-order valence-corrected chi connectivity index (χ2v) is 6.96. The number of hydrogen-bond acceptors (Lipinski definition) is 4. The Balaban J connectivity index is 1.61. The van der Waals surface area contributed by atoms with E-state index in [4.69, 9.17) is 0 Å². The number of aromatic nitrogens is 3. The fraction of sp³-hybridized carbons (Fsp3) is 0.118. The van der Waals surface area contributed by atoms with Gasteiger partial charge in [0.1, 0.15) is 5.82 Å². The molecule has 1 amide bonds. The number of imidazole rings is 1. The van der Waals surface area contributed by atoms with Crippen LogP contribution in [0.3, 0.4) is 0 Å². The van der Waals surface area contributed by atoms with Crippen LogP contribution in [0, 0.1) is 6.92 Å². The molecular formula is C17H15BrN4OS. The van der Waals surface area contributed by atoms with Gasteiger partial charge >= 0.3 is 0 Å². The van der Waals surface area contributed by atoms with Gasteiger partial charge in [0, 0.05) is 21.9 Å². The molecule has 122 valence electrons. The van der Waals surface area contributed by atoms with Gasteiger partial charge < -0.3 is 10.3 Å². The van der Waals surface area contributed by atoms with Crippen LogP contribution in [0.2, 0.25) is 0 Å². The quantitative estimate of drug-likeness (QED) is 0.624. The molecule has 2 aromatic heterocycles. The number of carbonyl (C=O) groups excluding carboxylic acids is 1. The number of pyridine rings is 1. The fourth-order valence-electron chi connectivity index (χ4n) is 2.14. The predicted octanol–water partition coefficient (Wildman–Crippen LogP) is 4.27. The van der Waals surface area contributed by atoms with Crippen molar-refractivity contribution in [2.45, 2.75) is 12.1 Å². The maximum Gasteiger partial charge on any atom is 0.236 e. The van der Waals surface area contributed by atoms with E-state index in [-0.39, 0.29) is 11.7 Å². The first kappa shape index (κ1) is 16.7. The number of benzene rings is 1. The topological polar surface area (TPSA) is 70.7 Å². The molecule has 24 heavy (non-hydrogen) atoms. The van der Waals surface area contributed by atoms with E-state index in [0.717, 1.165) is 26.6 Å². The Morgan fingerprint density at radius 1 is 1.25 bits per heavy atom. The number of halogens is 1. The molecule has 0 unspecified atom stereocenters. The van der Waals surface area contributed by atoms with E-state index >= 15 is 0 Å². The van der Waals surface area contributed by atoms with Crippen LogP contribution in [0.4, 0.5) is 5.82 Å². The van der Waals surface area contributed by atoms with E-state index in [2.05, 4.69) is 36.2 Å². The highest BCUT2D eigenvalue weighted by atomic mass is 79.9. The average molecular weight is 403 g/mol. The third kappa shape index (κ3) is 4.24. The summed E-state index contributed by atoms with van der Waals surface area (Å²) in [7, 11) is 0. The second kappa shape index (κ2) is 7.63. The Labute approximate surface area is 152 Å². The molecule has 2 N–H and O–H groups in total. The minimum Gasteiger partial charge on any atom is -0.337 e. The Morgan fingerprint density at radius 3 is 2.75 bits per heavy atom. The first-order valence-corrected chi connectivity index (χ1v) is 9.06. The van der Waals surface area contributed by atoms with Crippen molar-refractivity contribution < 1.29 is 4.79 Å². The lowest BCUT2D eigenvalue weighted by molar-refractivity contribution is -0.113. The van der Waals surface area contributed by atoms with Crippen LogP contribution in [0.5, 0.6) is 0 Å². The first-order valence-electron chi connectivity index (χ1n) is 7.28. The summed E-state index contributed by atoms with van der Waals surface area (Å²) in [5.74, 6) is 0.674. The number of carbonyl (C=O) groups is 1. The van der Waals surface area contributed by atoms with Crippen LogP contribution in [-0.2, 0) is 4.79 Å². The van der Waals surface area contributed by atoms with Gasteiger partial charge in [0.15, 0.2) is 5.16 Å². The summed E-state index contributed by atoms with van der Waals surface area (Å²) in [5, 5.41) is 3.49. The van der Waals surface area contributed by atoms with Gasteiger partial charge in [0.25, 0.3) is 0 Å². The normalized spacial score (nSPS) is 10.6. The number of aromatic amines is 1. The molecule has 0 bridgehead atoms. The van der Waals surface area contributed by atoms with Crippen molar-refractivity contribution in [3.05, 3.63) is 58.8 Å². The van der Waals surface area contributed by atoms with Gasteiger partial charge in [0.2, 0.25) is 5.91 Å². The highest BCUT2D eigenvalue weighted by molar-refractivity contribution is 9.10. The summed E-state index contributed by atoms with van der Waals surface area (Å²) in [4.78, 5) is 23.9. The Morgan fingerprint density at radius 2 is 2.04 bits per heavy atom. The number of thioether (sulfide) groups is 1. The van der Waals surface area contributed by atoms with Crippen molar-refractivity contribution in [3.8, 4) is 11.3 Å². The minimum absolute atomic E-state index is 0.120. The highest BCUT2D eigenvalue weighted by Gasteiger charge is 2.11. The summed E-state index contributed by atoms with van der Waals surface area (Å²) < 4.78 is 0.870. The number of anilines is 1. The lowest BCUT2D eigenvalue weighted by atomic mass is 10.1. The van der Waals surface area contributed by atoms with Gasteiger partial charge in [-0.05, 0) is 35.0 Å². The number of nitrogens with one attached hydrogen (secondary N) is 2. The smallest absolute Gasteiger partial charge is 0.236 e. The van der Waals surface area contributed by atoms with E-state index in [1.165, 1.54) is 11.8 Å². The van der Waals surface area contributed by atoms with Gasteiger partial charge in [-0.2, -0.15) is 0 Å². The first-order chi connectivity index (χ1) is 11.6. The lowest BCUT2D eigenvalue weighted by Crippen LogP contribution is -2.14. The monoisotopic (exact) mass is 402 g/mol. The van der Waals surface area contributed by atoms with Crippen LogP contribution < -0.4 is 5.32 Å². The second-order valence-electron chi connectivity index (χ2n) is 5.08. The standard InChI is InChI=1S/C17H15BrN4OS/c1-11-16(12-5-3-2-4-6-12)22-17(20-11)24-10-15(23)21-14-8-7-13(18)9-19-14/h2-9H,10H2,1H3,(H,20,22)(H,19,21,23). The molecule has 0 fully saturated rings. The van der Waals surface area contributed by atoms with Crippen molar-refractivity contribution in [2.24, 2.45) is 0 Å². The van der Waals surface area contributed by atoms with Crippen LogP contribution in [0.15, 0.2) is 58.3 Å². The number of rotatable bonds is 5. The SMILES string of the molecule is Cc1[nH]c(SCC(=O)Nc2ccc(Br)cn2)nc1-c1ccccc1. The summed E-state index contributed by atoms with van der Waals surface area (Å²) in [5.41, 5.74) is 2.95. The minimum atomic E-state index is -0.120. The van der Waals surface area contributed by atoms with Crippen LogP contribution in [0.1, 0.15) is 5.69 Å². The van der Waals surface area contributed by atoms with Crippen molar-refractivity contribution in [1.29, 1.82) is 0 Å². The molecule has 0 saturated carbocycles. The van der Waals surface area contributed by atoms with Crippen molar-refractivity contribution >= 4 is 39.4 Å². The third-order valence-electron chi connectivity index (χ3n) is 3.25. The number of nitrogens with zero attached hydrogens (tertiary/aromatic N) is 2. The third-order valence-corrected chi connectivity index (χ3v) is 4.59. The molecule has 0 aliphatic heterocycles. The maximum absolute atomic E-state index is 12.0. The Kier molecular flexibility index (Phi) is 5.32. The molecule has 1 aromatic carbocycles. The Hall–Kier alpha value is -2.12. The van der Waals surface area contributed by atoms with E-state index in [0.29, 0.717) is 5.82 Å². The molecule has 2 heterocycles. The van der Waals surface area contributed by atoms with Crippen molar-refractivity contribution in [1.82, 2.24) is 15.0 Å². The van der Waals surface area contributed by atoms with Crippen LogP contribution in [-0.4, -0.2) is 26.6 Å². The molecule has 3 rings (SSSR count). The van der Waals surface area contributed by atoms with Crippen LogP contribution >= 0.6 is 27.7 Å². The molecule has 7 heteroatoms. The summed E-state index contributed by atoms with van der Waals surface area (Å²) >= 11 is 4.67. The summed E-state index contributed by atoms with van der Waals surface area (Å²) in [6.07, 6.45) is 1.64. The molecule has 0 spiro atoms. The highest BCUT2D eigenvalue weighted by Crippen LogP contribution is 2.25. The Bertz CT molecular complexity index is 834. The largest absolute Gasteiger partial charge is 0.337 e. The zero-order valence-corrected chi connectivity index (χ0v) is 15.3. The molecule has 0 radical (unpaired) electrons. The van der Waals surface area contributed by atoms with E-state index in [9.17, 15) is 4.79 Å². The summed E-state index contributed by atoms with van der Waals surface area (Å²) in [6.45, 7) is 1.98. The van der Waals surface area contributed by atoms with Gasteiger partial charge in [-0.1, -0.05) is 42.1 Å².